The smallest absolute Gasteiger partial charge is 0.310 e. The molecule has 1 aliphatic heterocycles. The molecule has 1 fully saturated rings. The maximum Gasteiger partial charge on any atom is 0.310 e. The number of carboxylic acids is 1. The Kier molecular flexibility index (Phi) is 4.78. The summed E-state index contributed by atoms with van der Waals surface area (Å²) in [6.07, 6.45) is 5.08. The minimum Gasteiger partial charge on any atom is -0.481 e. The first-order valence-electron chi connectivity index (χ1n) is 6.41. The monoisotopic (exact) mass is 227 g/mol. The summed E-state index contributed by atoms with van der Waals surface area (Å²) in [6.45, 7) is 8.69. The van der Waals surface area contributed by atoms with Crippen LogP contribution in [-0.2, 0) is 4.79 Å². The molecule has 1 saturated heterocycles. The molecule has 0 spiro atoms. The van der Waals surface area contributed by atoms with E-state index >= 15 is 0 Å². The quantitative estimate of drug-likeness (QED) is 0.785. The second-order valence-electron chi connectivity index (χ2n) is 5.70. The van der Waals surface area contributed by atoms with Gasteiger partial charge in [-0.3, -0.25) is 4.79 Å². The minimum atomic E-state index is -0.691. The average Bonchev–Trinajstić information content (AvgIpc) is 2.21. The highest BCUT2D eigenvalue weighted by molar-refractivity contribution is 5.73. The lowest BCUT2D eigenvalue weighted by atomic mass is 9.89. The van der Waals surface area contributed by atoms with Gasteiger partial charge >= 0.3 is 5.97 Å². The van der Waals surface area contributed by atoms with E-state index in [4.69, 9.17) is 5.11 Å². The number of nitrogens with zero attached hydrogens (tertiary/aromatic N) is 1. The van der Waals surface area contributed by atoms with Gasteiger partial charge in [0, 0.05) is 6.54 Å². The number of rotatable bonds is 5. The molecular formula is C13H25NO2. The fraction of sp³-hybridized carbons (Fsp3) is 0.923. The van der Waals surface area contributed by atoms with Crippen LogP contribution in [0.1, 0.15) is 46.5 Å². The molecule has 3 heteroatoms. The van der Waals surface area contributed by atoms with Crippen LogP contribution in [0.3, 0.4) is 0 Å². The van der Waals surface area contributed by atoms with Crippen molar-refractivity contribution in [3.8, 4) is 0 Å². The van der Waals surface area contributed by atoms with Crippen LogP contribution in [0.4, 0.5) is 0 Å². The molecule has 0 bridgehead atoms. The molecule has 0 radical (unpaired) electrons. The third kappa shape index (κ3) is 3.78. The zero-order valence-electron chi connectivity index (χ0n) is 10.8. The second kappa shape index (κ2) is 5.67. The van der Waals surface area contributed by atoms with E-state index in [1.54, 1.807) is 0 Å². The second-order valence-corrected chi connectivity index (χ2v) is 5.70. The van der Waals surface area contributed by atoms with Gasteiger partial charge in [-0.05, 0) is 45.7 Å². The van der Waals surface area contributed by atoms with Gasteiger partial charge in [-0.25, -0.2) is 0 Å². The van der Waals surface area contributed by atoms with Crippen LogP contribution >= 0.6 is 0 Å². The van der Waals surface area contributed by atoms with Crippen molar-refractivity contribution in [3.63, 3.8) is 0 Å². The molecule has 0 unspecified atom stereocenters. The molecule has 1 heterocycles. The van der Waals surface area contributed by atoms with Crippen LogP contribution in [0.15, 0.2) is 0 Å². The van der Waals surface area contributed by atoms with Crippen LogP contribution in [0.5, 0.6) is 0 Å². The number of hydrogen-bond acceptors (Lipinski definition) is 2. The van der Waals surface area contributed by atoms with Gasteiger partial charge in [0.2, 0.25) is 0 Å². The molecule has 16 heavy (non-hydrogen) atoms. The molecule has 1 aliphatic rings. The van der Waals surface area contributed by atoms with Crippen LogP contribution in [0.25, 0.3) is 0 Å². The Morgan fingerprint density at radius 3 is 2.38 bits per heavy atom. The maximum atomic E-state index is 11.0. The fourth-order valence-electron chi connectivity index (χ4n) is 2.47. The summed E-state index contributed by atoms with van der Waals surface area (Å²) in [5, 5.41) is 9.08. The molecule has 0 atom stereocenters. The van der Waals surface area contributed by atoms with Gasteiger partial charge in [-0.1, -0.05) is 19.8 Å². The molecule has 1 rings (SSSR count). The molecule has 0 amide bonds. The highest BCUT2D eigenvalue weighted by atomic mass is 16.4. The van der Waals surface area contributed by atoms with Crippen molar-refractivity contribution >= 4 is 5.97 Å². The summed E-state index contributed by atoms with van der Waals surface area (Å²) < 4.78 is 0. The number of aliphatic carboxylic acids is 1. The normalized spacial score (nSPS) is 19.9. The molecule has 0 aliphatic carbocycles. The predicted octanol–water partition coefficient (Wildman–Crippen LogP) is 2.61. The highest BCUT2D eigenvalue weighted by Gasteiger charge is 2.31. The van der Waals surface area contributed by atoms with Crippen molar-refractivity contribution in [2.75, 3.05) is 19.6 Å². The summed E-state index contributed by atoms with van der Waals surface area (Å²) in [5.41, 5.74) is -0.613. The molecule has 1 N–H and O–H groups in total. The number of carbonyl (C=O) groups is 1. The van der Waals surface area contributed by atoms with Gasteiger partial charge in [0.25, 0.3) is 0 Å². The summed E-state index contributed by atoms with van der Waals surface area (Å²) in [7, 11) is 0. The van der Waals surface area contributed by atoms with E-state index in [1.165, 1.54) is 25.7 Å². The van der Waals surface area contributed by atoms with Gasteiger partial charge in [0.15, 0.2) is 0 Å². The van der Waals surface area contributed by atoms with Crippen LogP contribution in [0.2, 0.25) is 0 Å². The van der Waals surface area contributed by atoms with Gasteiger partial charge in [0.05, 0.1) is 5.41 Å². The van der Waals surface area contributed by atoms with E-state index in [2.05, 4.69) is 11.8 Å². The Hall–Kier alpha value is -0.570. The third-order valence-electron chi connectivity index (χ3n) is 3.60. The summed E-state index contributed by atoms with van der Waals surface area (Å²) in [4.78, 5) is 13.3. The van der Waals surface area contributed by atoms with Crippen LogP contribution < -0.4 is 0 Å². The van der Waals surface area contributed by atoms with Crippen LogP contribution in [0, 0.1) is 11.3 Å². The Morgan fingerprint density at radius 1 is 1.38 bits per heavy atom. The molecule has 0 saturated carbocycles. The maximum absolute atomic E-state index is 11.0. The Labute approximate surface area is 98.8 Å². The number of hydrogen-bond donors (Lipinski definition) is 1. The van der Waals surface area contributed by atoms with Gasteiger partial charge in [-0.15, -0.1) is 0 Å². The topological polar surface area (TPSA) is 40.5 Å². The summed E-state index contributed by atoms with van der Waals surface area (Å²) in [5.74, 6) is 0.178. The van der Waals surface area contributed by atoms with E-state index in [-0.39, 0.29) is 0 Å². The first kappa shape index (κ1) is 13.5. The molecule has 3 nitrogen and oxygen atoms in total. The molecular weight excluding hydrogens is 202 g/mol. The van der Waals surface area contributed by atoms with Gasteiger partial charge in [-0.2, -0.15) is 0 Å². The fourth-order valence-corrected chi connectivity index (χ4v) is 2.47. The van der Waals surface area contributed by atoms with Crippen LogP contribution in [-0.4, -0.2) is 35.6 Å². The number of likely N-dealkylation sites (tertiary alicyclic amines) is 1. The predicted molar refractivity (Wildman–Crippen MR) is 65.5 cm³/mol. The number of carboxylic acid groups (broad SMARTS) is 1. The van der Waals surface area contributed by atoms with Gasteiger partial charge in [0.1, 0.15) is 0 Å². The Bertz CT molecular complexity index is 230. The average molecular weight is 227 g/mol. The van der Waals surface area contributed by atoms with E-state index in [0.29, 0.717) is 6.54 Å². The lowest BCUT2D eigenvalue weighted by Gasteiger charge is -2.35. The highest BCUT2D eigenvalue weighted by Crippen LogP contribution is 2.25. The van der Waals surface area contributed by atoms with E-state index in [9.17, 15) is 4.79 Å². The van der Waals surface area contributed by atoms with E-state index in [0.717, 1.165) is 19.0 Å². The Balaban J connectivity index is 2.34. The first-order valence-corrected chi connectivity index (χ1v) is 6.41. The first-order chi connectivity index (χ1) is 7.45. The molecule has 0 aromatic carbocycles. The van der Waals surface area contributed by atoms with Crippen molar-refractivity contribution in [2.45, 2.75) is 46.5 Å². The third-order valence-corrected chi connectivity index (χ3v) is 3.60. The minimum absolute atomic E-state index is 0.613. The largest absolute Gasteiger partial charge is 0.481 e. The lowest BCUT2D eigenvalue weighted by Crippen LogP contribution is -2.43. The Morgan fingerprint density at radius 2 is 1.94 bits per heavy atom. The molecule has 0 aromatic heterocycles. The van der Waals surface area contributed by atoms with Gasteiger partial charge < -0.3 is 10.0 Å². The molecule has 94 valence electrons. The van der Waals surface area contributed by atoms with Crippen molar-refractivity contribution in [1.82, 2.24) is 4.90 Å². The van der Waals surface area contributed by atoms with Crippen molar-refractivity contribution < 1.29 is 9.90 Å². The zero-order chi connectivity index (χ0) is 12.2. The van der Waals surface area contributed by atoms with Crippen molar-refractivity contribution in [1.29, 1.82) is 0 Å². The SMILES string of the molecule is CCCC1CCN(CC(C)(C)C(=O)O)CC1. The zero-order valence-corrected chi connectivity index (χ0v) is 10.8. The number of piperidine rings is 1. The molecule has 0 aromatic rings. The van der Waals surface area contributed by atoms with E-state index in [1.807, 2.05) is 13.8 Å². The lowest BCUT2D eigenvalue weighted by molar-refractivity contribution is -0.148. The van der Waals surface area contributed by atoms with Crippen molar-refractivity contribution in [3.05, 3.63) is 0 Å². The van der Waals surface area contributed by atoms with E-state index < -0.39 is 11.4 Å². The summed E-state index contributed by atoms with van der Waals surface area (Å²) in [6, 6.07) is 0. The standard InChI is InChI=1S/C13H25NO2/c1-4-5-11-6-8-14(9-7-11)10-13(2,3)12(15)16/h11H,4-10H2,1-3H3,(H,15,16). The summed E-state index contributed by atoms with van der Waals surface area (Å²) >= 11 is 0. The van der Waals surface area contributed by atoms with Crippen molar-refractivity contribution in [2.24, 2.45) is 11.3 Å².